The molecule has 0 spiro atoms. The van der Waals surface area contributed by atoms with Crippen LogP contribution in [0.1, 0.15) is 0 Å². The van der Waals surface area contributed by atoms with E-state index in [-0.39, 0.29) is 27.2 Å². The smallest absolute Gasteiger partial charge is 0.201 e. The summed E-state index contributed by atoms with van der Waals surface area (Å²) in [6, 6.07) is 11.3. The number of rotatable bonds is 1. The van der Waals surface area contributed by atoms with Gasteiger partial charge in [0.15, 0.2) is 5.09 Å². The van der Waals surface area contributed by atoms with Crippen molar-refractivity contribution in [3.8, 4) is 16.9 Å². The molecule has 2 aromatic carbocycles. The zero-order chi connectivity index (χ0) is 14.3. The average molecular weight is 305 g/mol. The molecule has 0 unspecified atom stereocenters. The van der Waals surface area contributed by atoms with Crippen molar-refractivity contribution in [2.75, 3.05) is 0 Å². The quantitative estimate of drug-likeness (QED) is 0.665. The molecular formula is C15H9ClO3S. The molecule has 0 radical (unpaired) electrons. The molecule has 0 saturated heterocycles. The van der Waals surface area contributed by atoms with Crippen molar-refractivity contribution in [2.45, 2.75) is 5.09 Å². The minimum Gasteiger partial charge on any atom is -0.508 e. The zero-order valence-corrected chi connectivity index (χ0v) is 11.8. The van der Waals surface area contributed by atoms with Gasteiger partial charge in [-0.25, -0.2) is 0 Å². The van der Waals surface area contributed by atoms with Gasteiger partial charge in [0, 0.05) is 10.6 Å². The van der Waals surface area contributed by atoms with Crippen molar-refractivity contribution in [3.63, 3.8) is 0 Å². The zero-order valence-electron chi connectivity index (χ0n) is 10.1. The summed E-state index contributed by atoms with van der Waals surface area (Å²) in [5.41, 5.74) is 0.934. The van der Waals surface area contributed by atoms with Crippen LogP contribution in [0.25, 0.3) is 22.1 Å². The van der Waals surface area contributed by atoms with E-state index in [1.165, 1.54) is 18.2 Å². The van der Waals surface area contributed by atoms with Crippen LogP contribution in [0.4, 0.5) is 0 Å². The van der Waals surface area contributed by atoms with Gasteiger partial charge in [-0.2, -0.15) is 0 Å². The highest BCUT2D eigenvalue weighted by Crippen LogP contribution is 2.32. The second-order valence-corrected chi connectivity index (χ2v) is 5.09. The third kappa shape index (κ3) is 2.07. The highest BCUT2D eigenvalue weighted by molar-refractivity contribution is 7.80. The van der Waals surface area contributed by atoms with Gasteiger partial charge in [0.05, 0.1) is 10.9 Å². The van der Waals surface area contributed by atoms with E-state index in [0.29, 0.717) is 16.2 Å². The fourth-order valence-corrected chi connectivity index (χ4v) is 2.62. The van der Waals surface area contributed by atoms with Gasteiger partial charge in [-0.1, -0.05) is 29.8 Å². The van der Waals surface area contributed by atoms with E-state index in [2.05, 4.69) is 12.6 Å². The lowest BCUT2D eigenvalue weighted by Crippen LogP contribution is -2.06. The molecule has 0 fully saturated rings. The summed E-state index contributed by atoms with van der Waals surface area (Å²) in [5.74, 6) is 0.00169. The van der Waals surface area contributed by atoms with Gasteiger partial charge in [-0.3, -0.25) is 4.79 Å². The number of fused-ring (bicyclic) bond motifs is 1. The van der Waals surface area contributed by atoms with Crippen molar-refractivity contribution in [1.82, 2.24) is 0 Å². The molecule has 20 heavy (non-hydrogen) atoms. The lowest BCUT2D eigenvalue weighted by molar-refractivity contribution is 0.473. The first-order valence-electron chi connectivity index (χ1n) is 5.81. The molecule has 0 aliphatic rings. The number of phenolic OH excluding ortho intramolecular Hbond substituents is 1. The number of halogens is 1. The highest BCUT2D eigenvalue weighted by atomic mass is 35.5. The Morgan fingerprint density at radius 2 is 1.90 bits per heavy atom. The largest absolute Gasteiger partial charge is 0.508 e. The minimum absolute atomic E-state index is 0.00169. The van der Waals surface area contributed by atoms with E-state index >= 15 is 0 Å². The predicted octanol–water partition coefficient (Wildman–Crippen LogP) is 4.11. The van der Waals surface area contributed by atoms with Gasteiger partial charge in [0.25, 0.3) is 0 Å². The Morgan fingerprint density at radius 1 is 1.15 bits per heavy atom. The molecule has 3 nitrogen and oxygen atoms in total. The molecule has 0 aliphatic carbocycles. The Balaban J connectivity index is 2.43. The van der Waals surface area contributed by atoms with E-state index in [1.54, 1.807) is 24.3 Å². The Bertz CT molecular complexity index is 871. The monoisotopic (exact) mass is 304 g/mol. The summed E-state index contributed by atoms with van der Waals surface area (Å²) in [6.45, 7) is 0. The fourth-order valence-electron chi connectivity index (χ4n) is 2.07. The maximum atomic E-state index is 12.6. The standard InChI is InChI=1S/C15H9ClO3S/c16-11-4-2-1-3-9(11)13-14(18)10-7-8(17)5-6-12(10)19-15(13)20/h1-7,17,20H. The fraction of sp³-hybridized carbons (Fsp3) is 0. The molecule has 1 aromatic heterocycles. The van der Waals surface area contributed by atoms with Crippen LogP contribution in [0.2, 0.25) is 5.02 Å². The maximum Gasteiger partial charge on any atom is 0.201 e. The molecule has 0 atom stereocenters. The number of thiol groups is 1. The van der Waals surface area contributed by atoms with Crippen LogP contribution in [0, 0.1) is 0 Å². The number of hydrogen-bond donors (Lipinski definition) is 2. The normalized spacial score (nSPS) is 10.9. The van der Waals surface area contributed by atoms with E-state index in [9.17, 15) is 9.90 Å². The lowest BCUT2D eigenvalue weighted by Gasteiger charge is -2.08. The second kappa shape index (κ2) is 4.89. The first-order chi connectivity index (χ1) is 9.58. The van der Waals surface area contributed by atoms with E-state index in [0.717, 1.165) is 0 Å². The van der Waals surface area contributed by atoms with Crippen LogP contribution in [0.15, 0.2) is 56.8 Å². The summed E-state index contributed by atoms with van der Waals surface area (Å²) in [5, 5.41) is 10.4. The summed E-state index contributed by atoms with van der Waals surface area (Å²) in [4.78, 5) is 12.6. The molecule has 0 aliphatic heterocycles. The Kier molecular flexibility index (Phi) is 3.20. The first-order valence-corrected chi connectivity index (χ1v) is 6.64. The Morgan fingerprint density at radius 3 is 2.65 bits per heavy atom. The van der Waals surface area contributed by atoms with Crippen molar-refractivity contribution < 1.29 is 9.52 Å². The van der Waals surface area contributed by atoms with Gasteiger partial charge in [0.2, 0.25) is 5.43 Å². The maximum absolute atomic E-state index is 12.6. The van der Waals surface area contributed by atoms with Crippen molar-refractivity contribution in [3.05, 3.63) is 57.7 Å². The average Bonchev–Trinajstić information content (AvgIpc) is 2.42. The molecular weight excluding hydrogens is 296 g/mol. The van der Waals surface area contributed by atoms with E-state index in [1.807, 2.05) is 0 Å². The molecule has 0 amide bonds. The van der Waals surface area contributed by atoms with Gasteiger partial charge >= 0.3 is 0 Å². The summed E-state index contributed by atoms with van der Waals surface area (Å²) >= 11 is 10.4. The van der Waals surface area contributed by atoms with Crippen LogP contribution >= 0.6 is 24.2 Å². The van der Waals surface area contributed by atoms with Crippen molar-refractivity contribution in [2.24, 2.45) is 0 Å². The third-order valence-corrected chi connectivity index (χ3v) is 3.64. The van der Waals surface area contributed by atoms with Crippen LogP contribution in [-0.2, 0) is 0 Å². The third-order valence-electron chi connectivity index (χ3n) is 3.00. The van der Waals surface area contributed by atoms with E-state index < -0.39 is 0 Å². The topological polar surface area (TPSA) is 50.4 Å². The number of hydrogen-bond acceptors (Lipinski definition) is 4. The Hall–Kier alpha value is -1.91. The van der Waals surface area contributed by atoms with Crippen LogP contribution < -0.4 is 5.43 Å². The molecule has 100 valence electrons. The number of benzene rings is 2. The van der Waals surface area contributed by atoms with Crippen molar-refractivity contribution in [1.29, 1.82) is 0 Å². The van der Waals surface area contributed by atoms with Crippen molar-refractivity contribution >= 4 is 35.2 Å². The molecule has 3 aromatic rings. The summed E-state index contributed by atoms with van der Waals surface area (Å²) in [7, 11) is 0. The van der Waals surface area contributed by atoms with Crippen LogP contribution in [-0.4, -0.2) is 5.11 Å². The van der Waals surface area contributed by atoms with E-state index in [4.69, 9.17) is 16.0 Å². The molecule has 1 heterocycles. The lowest BCUT2D eigenvalue weighted by atomic mass is 10.1. The summed E-state index contributed by atoms with van der Waals surface area (Å²) < 4.78 is 5.53. The molecule has 0 bridgehead atoms. The van der Waals surface area contributed by atoms with Gasteiger partial charge in [-0.15, -0.1) is 12.6 Å². The molecule has 5 heteroatoms. The highest BCUT2D eigenvalue weighted by Gasteiger charge is 2.16. The number of aromatic hydroxyl groups is 1. The predicted molar refractivity (Wildman–Crippen MR) is 81.8 cm³/mol. The van der Waals surface area contributed by atoms with Gasteiger partial charge in [0.1, 0.15) is 11.3 Å². The van der Waals surface area contributed by atoms with Gasteiger partial charge in [-0.05, 0) is 24.3 Å². The molecule has 0 saturated carbocycles. The molecule has 3 rings (SSSR count). The number of phenols is 1. The van der Waals surface area contributed by atoms with Crippen LogP contribution in [0.5, 0.6) is 5.75 Å². The summed E-state index contributed by atoms with van der Waals surface area (Å²) in [6.07, 6.45) is 0. The Labute approximate surface area is 124 Å². The minimum atomic E-state index is -0.278. The SMILES string of the molecule is O=c1c(-c2ccccc2Cl)c(S)oc2ccc(O)cc12. The second-order valence-electron chi connectivity index (χ2n) is 4.27. The van der Waals surface area contributed by atoms with Crippen LogP contribution in [0.3, 0.4) is 0 Å². The molecule has 1 N–H and O–H groups in total. The van der Waals surface area contributed by atoms with Gasteiger partial charge < -0.3 is 9.52 Å². The first kappa shape index (κ1) is 13.1.